The van der Waals surface area contributed by atoms with Crippen LogP contribution in [0.2, 0.25) is 0 Å². The van der Waals surface area contributed by atoms with Gasteiger partial charge in [0.2, 0.25) is 5.91 Å². The second kappa shape index (κ2) is 8.03. The van der Waals surface area contributed by atoms with Crippen molar-refractivity contribution in [3.05, 3.63) is 0 Å². The van der Waals surface area contributed by atoms with Crippen molar-refractivity contribution in [2.45, 2.75) is 31.7 Å². The highest BCUT2D eigenvalue weighted by Gasteiger charge is 2.30. The van der Waals surface area contributed by atoms with Crippen molar-refractivity contribution in [3.63, 3.8) is 0 Å². The van der Waals surface area contributed by atoms with Crippen LogP contribution in [0.3, 0.4) is 0 Å². The van der Waals surface area contributed by atoms with Gasteiger partial charge in [-0.25, -0.2) is 0 Å². The van der Waals surface area contributed by atoms with E-state index >= 15 is 0 Å². The molecule has 0 aliphatic heterocycles. The van der Waals surface area contributed by atoms with Crippen LogP contribution >= 0.6 is 0 Å². The normalized spacial score (nSPS) is 17.6. The molecule has 0 aromatic heterocycles. The number of hydrogen-bond donors (Lipinski definition) is 5. The van der Waals surface area contributed by atoms with Gasteiger partial charge in [-0.15, -0.1) is 6.42 Å². The summed E-state index contributed by atoms with van der Waals surface area (Å²) in [5.41, 5.74) is 0. The number of aliphatic hydroxyl groups excluding tert-OH is 4. The van der Waals surface area contributed by atoms with Crippen molar-refractivity contribution >= 4 is 5.91 Å². The van der Waals surface area contributed by atoms with E-state index in [9.17, 15) is 15.0 Å². The monoisotopic (exact) mass is 245 g/mol. The van der Waals surface area contributed by atoms with Gasteiger partial charge in [0.1, 0.15) is 12.2 Å². The van der Waals surface area contributed by atoms with Gasteiger partial charge >= 0.3 is 0 Å². The Morgan fingerprint density at radius 2 is 1.94 bits per heavy atom. The van der Waals surface area contributed by atoms with Gasteiger partial charge in [-0.1, -0.05) is 12.8 Å². The number of aliphatic hydroxyl groups is 4. The quantitative estimate of drug-likeness (QED) is 0.328. The predicted molar refractivity (Wildman–Crippen MR) is 60.7 cm³/mol. The molecule has 0 aliphatic carbocycles. The van der Waals surface area contributed by atoms with Gasteiger partial charge in [0.05, 0.1) is 18.6 Å². The average Bonchev–Trinajstić information content (AvgIpc) is 2.36. The van der Waals surface area contributed by atoms with Crippen molar-refractivity contribution in [3.8, 4) is 12.3 Å². The van der Waals surface area contributed by atoms with E-state index in [2.05, 4.69) is 11.2 Å². The Labute approximate surface area is 100 Å². The van der Waals surface area contributed by atoms with Crippen molar-refractivity contribution in [2.75, 3.05) is 13.2 Å². The molecule has 17 heavy (non-hydrogen) atoms. The Hall–Kier alpha value is -1.13. The summed E-state index contributed by atoms with van der Waals surface area (Å²) >= 11 is 0. The number of carbonyl (C=O) groups excluding carboxylic acids is 1. The minimum Gasteiger partial charge on any atom is -0.394 e. The fourth-order valence-corrected chi connectivity index (χ4v) is 1.20. The SMILES string of the molecule is C#CC(CNC(=O)CC)C(O)C(O)C(O)CO. The second-order valence-corrected chi connectivity index (χ2v) is 3.66. The van der Waals surface area contributed by atoms with Crippen LogP contribution in [0.25, 0.3) is 0 Å². The summed E-state index contributed by atoms with van der Waals surface area (Å²) in [4.78, 5) is 11.0. The number of nitrogens with one attached hydrogen (secondary N) is 1. The third-order valence-corrected chi connectivity index (χ3v) is 2.40. The zero-order valence-corrected chi connectivity index (χ0v) is 9.71. The van der Waals surface area contributed by atoms with Crippen LogP contribution < -0.4 is 5.32 Å². The molecule has 6 heteroatoms. The lowest BCUT2D eigenvalue weighted by atomic mass is 9.95. The summed E-state index contributed by atoms with van der Waals surface area (Å²) in [6.45, 7) is 0.984. The van der Waals surface area contributed by atoms with E-state index in [1.165, 1.54) is 0 Å². The zero-order chi connectivity index (χ0) is 13.4. The number of rotatable bonds is 7. The maximum Gasteiger partial charge on any atom is 0.219 e. The Balaban J connectivity index is 4.35. The Morgan fingerprint density at radius 3 is 2.35 bits per heavy atom. The zero-order valence-electron chi connectivity index (χ0n) is 9.71. The van der Waals surface area contributed by atoms with Crippen LogP contribution in [0, 0.1) is 18.3 Å². The molecule has 0 saturated heterocycles. The standard InChI is InChI=1S/C11H19NO5/c1-3-7(5-12-9(15)4-2)10(16)11(17)8(14)6-13/h1,7-8,10-11,13-14,16-17H,4-6H2,2H3,(H,12,15). The minimum atomic E-state index is -1.56. The smallest absolute Gasteiger partial charge is 0.219 e. The lowest BCUT2D eigenvalue weighted by Gasteiger charge is -2.25. The fourth-order valence-electron chi connectivity index (χ4n) is 1.20. The fraction of sp³-hybridized carbons (Fsp3) is 0.727. The van der Waals surface area contributed by atoms with Crippen LogP contribution in [0.1, 0.15) is 13.3 Å². The summed E-state index contributed by atoms with van der Waals surface area (Å²) in [5, 5.41) is 39.3. The molecule has 0 aliphatic rings. The molecule has 4 atom stereocenters. The Bertz CT molecular complexity index is 276. The molecule has 0 bridgehead atoms. The van der Waals surface area contributed by atoms with Gasteiger partial charge in [-0.05, 0) is 0 Å². The molecule has 0 heterocycles. The van der Waals surface area contributed by atoms with Crippen LogP contribution in [-0.4, -0.2) is 57.8 Å². The maximum absolute atomic E-state index is 11.0. The van der Waals surface area contributed by atoms with Crippen molar-refractivity contribution in [1.29, 1.82) is 0 Å². The first-order valence-corrected chi connectivity index (χ1v) is 5.35. The van der Waals surface area contributed by atoms with E-state index in [4.69, 9.17) is 16.6 Å². The number of carbonyl (C=O) groups is 1. The molecular formula is C11H19NO5. The minimum absolute atomic E-state index is 0.000448. The Kier molecular flexibility index (Phi) is 7.50. The van der Waals surface area contributed by atoms with E-state index < -0.39 is 30.8 Å². The molecule has 0 aromatic carbocycles. The molecule has 0 saturated carbocycles. The summed E-state index contributed by atoms with van der Waals surface area (Å²) in [5.74, 6) is 1.16. The van der Waals surface area contributed by atoms with E-state index in [0.717, 1.165) is 0 Å². The van der Waals surface area contributed by atoms with Crippen LogP contribution in [0.15, 0.2) is 0 Å². The van der Waals surface area contributed by atoms with Crippen molar-refractivity contribution in [1.82, 2.24) is 5.32 Å². The molecule has 0 rings (SSSR count). The second-order valence-electron chi connectivity index (χ2n) is 3.66. The highest BCUT2D eigenvalue weighted by Crippen LogP contribution is 2.10. The van der Waals surface area contributed by atoms with Crippen molar-refractivity contribution < 1.29 is 25.2 Å². The third kappa shape index (κ3) is 5.15. The number of hydrogen-bond acceptors (Lipinski definition) is 5. The number of amides is 1. The highest BCUT2D eigenvalue weighted by molar-refractivity contribution is 5.75. The van der Waals surface area contributed by atoms with E-state index in [1.807, 2.05) is 0 Å². The Morgan fingerprint density at radius 1 is 1.35 bits per heavy atom. The van der Waals surface area contributed by atoms with Crippen LogP contribution in [0.4, 0.5) is 0 Å². The van der Waals surface area contributed by atoms with Crippen LogP contribution in [-0.2, 0) is 4.79 Å². The first-order valence-electron chi connectivity index (χ1n) is 5.35. The maximum atomic E-state index is 11.0. The molecular weight excluding hydrogens is 226 g/mol. The lowest BCUT2D eigenvalue weighted by molar-refractivity contribution is -0.121. The molecule has 1 amide bonds. The van der Waals surface area contributed by atoms with Gasteiger partial charge in [0.25, 0.3) is 0 Å². The molecule has 5 N–H and O–H groups in total. The van der Waals surface area contributed by atoms with Crippen molar-refractivity contribution in [2.24, 2.45) is 5.92 Å². The van der Waals surface area contributed by atoms with E-state index in [-0.39, 0.29) is 18.9 Å². The molecule has 0 aromatic rings. The molecule has 6 nitrogen and oxygen atoms in total. The molecule has 0 spiro atoms. The predicted octanol–water partition coefficient (Wildman–Crippen LogP) is -2.16. The molecule has 0 radical (unpaired) electrons. The number of terminal acetylenes is 1. The van der Waals surface area contributed by atoms with E-state index in [0.29, 0.717) is 0 Å². The molecule has 98 valence electrons. The average molecular weight is 245 g/mol. The summed E-state index contributed by atoms with van der Waals surface area (Å²) < 4.78 is 0. The van der Waals surface area contributed by atoms with Gasteiger partial charge in [0, 0.05) is 13.0 Å². The first-order chi connectivity index (χ1) is 7.97. The summed E-state index contributed by atoms with van der Waals surface area (Å²) in [7, 11) is 0. The summed E-state index contributed by atoms with van der Waals surface area (Å²) in [6, 6.07) is 0. The third-order valence-electron chi connectivity index (χ3n) is 2.40. The lowest BCUT2D eigenvalue weighted by Crippen LogP contribution is -2.46. The van der Waals surface area contributed by atoms with Gasteiger partial charge in [0.15, 0.2) is 0 Å². The van der Waals surface area contributed by atoms with Gasteiger partial charge in [-0.2, -0.15) is 0 Å². The largest absolute Gasteiger partial charge is 0.394 e. The van der Waals surface area contributed by atoms with E-state index in [1.54, 1.807) is 6.92 Å². The van der Waals surface area contributed by atoms with Gasteiger partial charge < -0.3 is 25.7 Å². The highest BCUT2D eigenvalue weighted by atomic mass is 16.4. The first kappa shape index (κ1) is 15.9. The van der Waals surface area contributed by atoms with Crippen LogP contribution in [0.5, 0.6) is 0 Å². The molecule has 4 unspecified atom stereocenters. The topological polar surface area (TPSA) is 110 Å². The summed E-state index contributed by atoms with van der Waals surface area (Å²) in [6.07, 6.45) is 1.01. The van der Waals surface area contributed by atoms with Gasteiger partial charge in [-0.3, -0.25) is 4.79 Å². The molecule has 0 fully saturated rings.